The minimum Gasteiger partial charge on any atom is -0.212 e. The molecular weight excluding hydrogens is 234 g/mol. The predicted octanol–water partition coefficient (Wildman–Crippen LogP) is 2.09. The van der Waals surface area contributed by atoms with E-state index in [9.17, 15) is 8.42 Å². The Morgan fingerprint density at radius 3 is 2.65 bits per heavy atom. The molecule has 2 rings (SSSR count). The van der Waals surface area contributed by atoms with Crippen LogP contribution in [0, 0.1) is 6.92 Å². The van der Waals surface area contributed by atoms with Crippen LogP contribution >= 0.6 is 0 Å². The third-order valence-electron chi connectivity index (χ3n) is 3.43. The van der Waals surface area contributed by atoms with Crippen molar-refractivity contribution in [3.8, 4) is 0 Å². The Kier molecular flexibility index (Phi) is 3.27. The van der Waals surface area contributed by atoms with Gasteiger partial charge in [-0.3, -0.25) is 0 Å². The number of hydrogen-bond acceptors (Lipinski definition) is 2. The summed E-state index contributed by atoms with van der Waals surface area (Å²) in [5, 5.41) is -0.340. The normalized spacial score (nSPS) is 17.2. The fraction of sp³-hybridized carbons (Fsp3) is 0.538. The molecule has 0 amide bonds. The van der Waals surface area contributed by atoms with E-state index in [4.69, 9.17) is 0 Å². The predicted molar refractivity (Wildman–Crippen MR) is 69.3 cm³/mol. The van der Waals surface area contributed by atoms with Gasteiger partial charge in [-0.05, 0) is 43.9 Å². The van der Waals surface area contributed by atoms with E-state index < -0.39 is 10.0 Å². The van der Waals surface area contributed by atoms with Gasteiger partial charge in [0.2, 0.25) is 10.0 Å². The van der Waals surface area contributed by atoms with Crippen molar-refractivity contribution in [1.82, 2.24) is 4.31 Å². The lowest BCUT2D eigenvalue weighted by Crippen LogP contribution is -2.40. The molecule has 0 unspecified atom stereocenters. The molecule has 17 heavy (non-hydrogen) atoms. The summed E-state index contributed by atoms with van der Waals surface area (Å²) >= 11 is 0. The summed E-state index contributed by atoms with van der Waals surface area (Å²) in [5.74, 6) is 0. The summed E-state index contributed by atoms with van der Waals surface area (Å²) in [5.41, 5.74) is 3.66. The number of aryl methyl sites for hydroxylation is 1. The molecule has 1 aromatic carbocycles. The largest absolute Gasteiger partial charge is 0.216 e. The van der Waals surface area contributed by atoms with Crippen LogP contribution in [-0.2, 0) is 23.0 Å². The summed E-state index contributed by atoms with van der Waals surface area (Å²) in [4.78, 5) is 0. The third kappa shape index (κ3) is 2.24. The summed E-state index contributed by atoms with van der Waals surface area (Å²) < 4.78 is 25.9. The number of nitrogens with zero attached hydrogens (tertiary/aromatic N) is 1. The van der Waals surface area contributed by atoms with Gasteiger partial charge in [0.25, 0.3) is 0 Å². The lowest BCUT2D eigenvalue weighted by Gasteiger charge is -2.30. The lowest BCUT2D eigenvalue weighted by molar-refractivity contribution is 0.386. The van der Waals surface area contributed by atoms with Crippen LogP contribution in [0.5, 0.6) is 0 Å². The Morgan fingerprint density at radius 1 is 1.29 bits per heavy atom. The van der Waals surface area contributed by atoms with Crippen LogP contribution < -0.4 is 0 Å². The minimum atomic E-state index is -3.13. The van der Waals surface area contributed by atoms with Crippen molar-refractivity contribution in [1.29, 1.82) is 0 Å². The minimum absolute atomic E-state index is 0.340. The molecule has 94 valence electrons. The smallest absolute Gasteiger partial charge is 0.212 e. The Labute approximate surface area is 104 Å². The average molecular weight is 253 g/mol. The van der Waals surface area contributed by atoms with Crippen molar-refractivity contribution < 1.29 is 8.42 Å². The molecule has 3 nitrogen and oxygen atoms in total. The number of benzene rings is 1. The molecule has 0 spiro atoms. The van der Waals surface area contributed by atoms with Gasteiger partial charge in [0.05, 0.1) is 5.25 Å². The fourth-order valence-electron chi connectivity index (χ4n) is 2.24. The van der Waals surface area contributed by atoms with E-state index in [1.807, 2.05) is 19.1 Å². The fourth-order valence-corrected chi connectivity index (χ4v) is 3.49. The molecule has 1 heterocycles. The Morgan fingerprint density at radius 2 is 2.00 bits per heavy atom. The zero-order chi connectivity index (χ0) is 12.6. The maximum Gasteiger partial charge on any atom is 0.216 e. The van der Waals surface area contributed by atoms with E-state index in [2.05, 4.69) is 6.07 Å². The Hall–Kier alpha value is -0.870. The van der Waals surface area contributed by atoms with Crippen molar-refractivity contribution in [2.75, 3.05) is 6.54 Å². The maximum atomic E-state index is 12.1. The second kappa shape index (κ2) is 4.42. The van der Waals surface area contributed by atoms with Crippen molar-refractivity contribution in [2.45, 2.75) is 39.0 Å². The first-order chi connectivity index (χ1) is 7.93. The van der Waals surface area contributed by atoms with Gasteiger partial charge in [-0.2, -0.15) is 4.31 Å². The molecule has 4 heteroatoms. The molecule has 0 fully saturated rings. The van der Waals surface area contributed by atoms with E-state index in [1.165, 1.54) is 16.7 Å². The van der Waals surface area contributed by atoms with Gasteiger partial charge in [-0.25, -0.2) is 8.42 Å². The average Bonchev–Trinajstić information content (AvgIpc) is 2.29. The van der Waals surface area contributed by atoms with Crippen LogP contribution in [0.25, 0.3) is 0 Å². The first-order valence-electron chi connectivity index (χ1n) is 5.99. The molecule has 1 aliphatic rings. The summed E-state index contributed by atoms with van der Waals surface area (Å²) in [6, 6.07) is 6.19. The van der Waals surface area contributed by atoms with Crippen molar-refractivity contribution in [3.05, 3.63) is 34.9 Å². The second-order valence-electron chi connectivity index (χ2n) is 4.89. The molecule has 0 atom stereocenters. The van der Waals surface area contributed by atoms with E-state index in [1.54, 1.807) is 18.2 Å². The van der Waals surface area contributed by atoms with Crippen LogP contribution in [0.4, 0.5) is 0 Å². The highest BCUT2D eigenvalue weighted by atomic mass is 32.2. The van der Waals surface area contributed by atoms with E-state index in [0.717, 1.165) is 6.42 Å². The number of hydrogen-bond donors (Lipinski definition) is 0. The molecule has 0 aromatic heterocycles. The molecule has 1 aromatic rings. The summed E-state index contributed by atoms with van der Waals surface area (Å²) in [6.07, 6.45) is 0.822. The van der Waals surface area contributed by atoms with Crippen LogP contribution in [0.15, 0.2) is 18.2 Å². The van der Waals surface area contributed by atoms with Crippen molar-refractivity contribution in [3.63, 3.8) is 0 Å². The van der Waals surface area contributed by atoms with Gasteiger partial charge in [-0.1, -0.05) is 18.2 Å². The van der Waals surface area contributed by atoms with Crippen LogP contribution in [0.1, 0.15) is 30.5 Å². The third-order valence-corrected chi connectivity index (χ3v) is 5.65. The molecule has 1 aliphatic heterocycles. The van der Waals surface area contributed by atoms with Crippen LogP contribution in [0.2, 0.25) is 0 Å². The van der Waals surface area contributed by atoms with Gasteiger partial charge in [-0.15, -0.1) is 0 Å². The molecule has 0 aliphatic carbocycles. The van der Waals surface area contributed by atoms with Gasteiger partial charge < -0.3 is 0 Å². The standard InChI is InChI=1S/C13H19NO2S/c1-10(2)17(15,16)14-8-7-12-6-4-5-11(3)13(12)9-14/h4-6,10H,7-9H2,1-3H3. The lowest BCUT2D eigenvalue weighted by atomic mass is 9.97. The van der Waals surface area contributed by atoms with Gasteiger partial charge in [0.1, 0.15) is 0 Å². The molecule has 0 radical (unpaired) electrons. The van der Waals surface area contributed by atoms with Gasteiger partial charge >= 0.3 is 0 Å². The van der Waals surface area contributed by atoms with Gasteiger partial charge in [0.15, 0.2) is 0 Å². The summed E-state index contributed by atoms with van der Waals surface area (Å²) in [6.45, 7) is 6.66. The topological polar surface area (TPSA) is 37.4 Å². The number of rotatable bonds is 2. The quantitative estimate of drug-likeness (QED) is 0.809. The first-order valence-corrected chi connectivity index (χ1v) is 7.49. The molecular formula is C13H19NO2S. The second-order valence-corrected chi connectivity index (χ2v) is 7.38. The van der Waals surface area contributed by atoms with Crippen molar-refractivity contribution >= 4 is 10.0 Å². The Balaban J connectivity index is 2.34. The molecule has 0 bridgehead atoms. The highest BCUT2D eigenvalue weighted by Gasteiger charge is 2.29. The zero-order valence-electron chi connectivity index (χ0n) is 10.6. The number of sulfonamides is 1. The maximum absolute atomic E-state index is 12.1. The number of fused-ring (bicyclic) bond motifs is 1. The first kappa shape index (κ1) is 12.6. The van der Waals surface area contributed by atoms with E-state index in [0.29, 0.717) is 13.1 Å². The van der Waals surface area contributed by atoms with Gasteiger partial charge in [0, 0.05) is 13.1 Å². The molecule has 0 N–H and O–H groups in total. The van der Waals surface area contributed by atoms with E-state index in [-0.39, 0.29) is 5.25 Å². The SMILES string of the molecule is Cc1cccc2c1CN(S(=O)(=O)C(C)C)CC2. The molecule has 0 saturated carbocycles. The van der Waals surface area contributed by atoms with E-state index >= 15 is 0 Å². The monoisotopic (exact) mass is 253 g/mol. The summed E-state index contributed by atoms with van der Waals surface area (Å²) in [7, 11) is -3.13. The zero-order valence-corrected chi connectivity index (χ0v) is 11.4. The van der Waals surface area contributed by atoms with Crippen LogP contribution in [0.3, 0.4) is 0 Å². The van der Waals surface area contributed by atoms with Crippen molar-refractivity contribution in [2.24, 2.45) is 0 Å². The highest BCUT2D eigenvalue weighted by Crippen LogP contribution is 2.25. The molecule has 0 saturated heterocycles. The van der Waals surface area contributed by atoms with Crippen LogP contribution in [-0.4, -0.2) is 24.5 Å². The Bertz CT molecular complexity index is 520. The highest BCUT2D eigenvalue weighted by molar-refractivity contribution is 7.89.